The van der Waals surface area contributed by atoms with Gasteiger partial charge in [-0.15, -0.1) is 11.3 Å². The summed E-state index contributed by atoms with van der Waals surface area (Å²) in [6.45, 7) is 0. The van der Waals surface area contributed by atoms with E-state index >= 15 is 0 Å². The minimum atomic E-state index is 1.23. The summed E-state index contributed by atoms with van der Waals surface area (Å²) in [5.74, 6) is 0. The number of rotatable bonds is 3. The van der Waals surface area contributed by atoms with Gasteiger partial charge in [0.05, 0.1) is 0 Å². The predicted molar refractivity (Wildman–Crippen MR) is 223 cm³/mol. The van der Waals surface area contributed by atoms with Gasteiger partial charge in [0.2, 0.25) is 0 Å². The first-order valence-corrected chi connectivity index (χ1v) is 18.4. The van der Waals surface area contributed by atoms with Gasteiger partial charge < -0.3 is 0 Å². The van der Waals surface area contributed by atoms with E-state index in [1.807, 2.05) is 11.3 Å². The normalized spacial score (nSPS) is 11.9. The molecule has 1 heteroatoms. The highest BCUT2D eigenvalue weighted by Crippen LogP contribution is 2.47. The molecule has 1 aromatic heterocycles. The van der Waals surface area contributed by atoms with Crippen LogP contribution in [0.5, 0.6) is 0 Å². The van der Waals surface area contributed by atoms with Crippen LogP contribution in [0.4, 0.5) is 0 Å². The zero-order valence-corrected chi connectivity index (χ0v) is 28.5. The predicted octanol–water partition coefficient (Wildman–Crippen LogP) is 14.8. The lowest BCUT2D eigenvalue weighted by Crippen LogP contribution is -1.91. The van der Waals surface area contributed by atoms with Crippen molar-refractivity contribution in [3.63, 3.8) is 0 Å². The first kappa shape index (κ1) is 28.5. The Hall–Kier alpha value is -6.28. The number of thiophene rings is 1. The molecule has 51 heavy (non-hydrogen) atoms. The molecule has 0 atom stereocenters. The highest BCUT2D eigenvalue weighted by Gasteiger charge is 2.18. The average molecular weight is 663 g/mol. The first-order valence-electron chi connectivity index (χ1n) is 17.6. The second kappa shape index (κ2) is 11.1. The van der Waals surface area contributed by atoms with Gasteiger partial charge in [-0.25, -0.2) is 0 Å². The Kier molecular flexibility index (Phi) is 6.22. The fourth-order valence-corrected chi connectivity index (χ4v) is 9.88. The van der Waals surface area contributed by atoms with Gasteiger partial charge in [-0.3, -0.25) is 0 Å². The Labute approximate surface area is 299 Å². The number of benzene rings is 10. The lowest BCUT2D eigenvalue weighted by Gasteiger charge is -2.19. The smallest absolute Gasteiger partial charge is 0.0440 e. The standard InChI is InChI=1S/C50H30S/c1-2-14-35-32(12-1)13-11-23-38(35)48-42-20-8-6-18-40(42)47(41-19-7-9-21-43(41)48)33-26-24-31(25-27-33)34-28-29-45-46(30-34)51-50-44-22-10-4-16-37(44)36-15-3-5-17-39(36)49(45)50/h1-30H. The van der Waals surface area contributed by atoms with Crippen molar-refractivity contribution < 1.29 is 0 Å². The third kappa shape index (κ3) is 4.26. The summed E-state index contributed by atoms with van der Waals surface area (Å²) in [4.78, 5) is 0. The molecule has 0 radical (unpaired) electrons. The monoisotopic (exact) mass is 662 g/mol. The Morgan fingerprint density at radius 3 is 1.47 bits per heavy atom. The van der Waals surface area contributed by atoms with Crippen LogP contribution >= 0.6 is 11.3 Å². The van der Waals surface area contributed by atoms with Crippen molar-refractivity contribution in [2.45, 2.75) is 0 Å². The minimum absolute atomic E-state index is 1.23. The highest BCUT2D eigenvalue weighted by atomic mass is 32.1. The SMILES string of the molecule is c1ccc2c(-c3c4ccccc4c(-c4ccc(-c5ccc6c(c5)sc5c7ccccc7c7ccccc7c65)cc4)c4ccccc34)cccc2c1. The van der Waals surface area contributed by atoms with Gasteiger partial charge in [0.15, 0.2) is 0 Å². The van der Waals surface area contributed by atoms with Gasteiger partial charge in [-0.1, -0.05) is 176 Å². The second-order valence-corrected chi connectivity index (χ2v) is 14.6. The zero-order valence-electron chi connectivity index (χ0n) is 27.7. The van der Waals surface area contributed by atoms with Crippen molar-refractivity contribution >= 4 is 85.4 Å². The molecule has 11 rings (SSSR count). The summed E-state index contributed by atoms with van der Waals surface area (Å²) in [5, 5.41) is 15.7. The molecule has 0 fully saturated rings. The Balaban J connectivity index is 1.08. The Morgan fingerprint density at radius 1 is 0.294 bits per heavy atom. The quantitative estimate of drug-likeness (QED) is 0.130. The van der Waals surface area contributed by atoms with Gasteiger partial charge in [0, 0.05) is 25.6 Å². The zero-order chi connectivity index (χ0) is 33.5. The van der Waals surface area contributed by atoms with E-state index in [-0.39, 0.29) is 0 Å². The second-order valence-electron chi connectivity index (χ2n) is 13.6. The molecule has 0 spiro atoms. The number of fused-ring (bicyclic) bond motifs is 11. The molecule has 0 nitrogen and oxygen atoms in total. The molecule has 10 aromatic carbocycles. The summed E-state index contributed by atoms with van der Waals surface area (Å²) >= 11 is 1.92. The summed E-state index contributed by atoms with van der Waals surface area (Å²) < 4.78 is 2.70. The minimum Gasteiger partial charge on any atom is -0.134 e. The van der Waals surface area contributed by atoms with E-state index in [0.717, 1.165) is 0 Å². The molecule has 0 bridgehead atoms. The van der Waals surface area contributed by atoms with Crippen LogP contribution < -0.4 is 0 Å². The fourth-order valence-electron chi connectivity index (χ4n) is 8.59. The van der Waals surface area contributed by atoms with Gasteiger partial charge in [-0.2, -0.15) is 0 Å². The van der Waals surface area contributed by atoms with Gasteiger partial charge >= 0.3 is 0 Å². The van der Waals surface area contributed by atoms with E-state index in [9.17, 15) is 0 Å². The molecule has 11 aromatic rings. The molecule has 0 aliphatic rings. The third-order valence-corrected chi connectivity index (χ3v) is 12.0. The van der Waals surface area contributed by atoms with Crippen molar-refractivity contribution in [3.05, 3.63) is 182 Å². The van der Waals surface area contributed by atoms with Gasteiger partial charge in [-0.05, 0) is 87.9 Å². The molecule has 0 N–H and O–H groups in total. The topological polar surface area (TPSA) is 0 Å². The molecule has 0 unspecified atom stereocenters. The Bertz CT molecular complexity index is 3120. The van der Waals surface area contributed by atoms with Crippen LogP contribution in [0.3, 0.4) is 0 Å². The third-order valence-electron chi connectivity index (χ3n) is 10.8. The Morgan fingerprint density at radius 2 is 0.784 bits per heavy atom. The van der Waals surface area contributed by atoms with E-state index < -0.39 is 0 Å². The van der Waals surface area contributed by atoms with Crippen molar-refractivity contribution in [1.82, 2.24) is 0 Å². The van der Waals surface area contributed by atoms with Crippen molar-refractivity contribution in [3.8, 4) is 33.4 Å². The maximum Gasteiger partial charge on any atom is 0.0440 e. The lowest BCUT2D eigenvalue weighted by atomic mass is 9.84. The van der Waals surface area contributed by atoms with Crippen LogP contribution in [-0.4, -0.2) is 0 Å². The molecule has 1 heterocycles. The van der Waals surface area contributed by atoms with E-state index in [1.54, 1.807) is 0 Å². The van der Waals surface area contributed by atoms with Crippen molar-refractivity contribution in [1.29, 1.82) is 0 Å². The largest absolute Gasteiger partial charge is 0.134 e. The molecule has 236 valence electrons. The van der Waals surface area contributed by atoms with E-state index in [4.69, 9.17) is 0 Å². The van der Waals surface area contributed by atoms with Crippen molar-refractivity contribution in [2.75, 3.05) is 0 Å². The van der Waals surface area contributed by atoms with E-state index in [1.165, 1.54) is 107 Å². The number of hydrogen-bond acceptors (Lipinski definition) is 1. The van der Waals surface area contributed by atoms with Gasteiger partial charge in [0.25, 0.3) is 0 Å². The van der Waals surface area contributed by atoms with E-state index in [2.05, 4.69) is 182 Å². The molecule has 0 amide bonds. The van der Waals surface area contributed by atoms with Crippen LogP contribution in [-0.2, 0) is 0 Å². The maximum atomic E-state index is 2.39. The molecule has 0 saturated carbocycles. The molecule has 0 aliphatic heterocycles. The molecule has 0 aliphatic carbocycles. The highest BCUT2D eigenvalue weighted by molar-refractivity contribution is 7.27. The van der Waals surface area contributed by atoms with Crippen LogP contribution in [0.2, 0.25) is 0 Å². The summed E-state index contributed by atoms with van der Waals surface area (Å²) in [7, 11) is 0. The van der Waals surface area contributed by atoms with Crippen LogP contribution in [0, 0.1) is 0 Å². The molecular formula is C50H30S. The van der Waals surface area contributed by atoms with E-state index in [0.29, 0.717) is 0 Å². The number of hydrogen-bond donors (Lipinski definition) is 0. The average Bonchev–Trinajstić information content (AvgIpc) is 3.59. The maximum absolute atomic E-state index is 2.39. The molecule has 0 saturated heterocycles. The van der Waals surface area contributed by atoms with Crippen LogP contribution in [0.15, 0.2) is 182 Å². The summed E-state index contributed by atoms with van der Waals surface area (Å²) in [6, 6.07) is 67.3. The first-order chi connectivity index (χ1) is 25.3. The van der Waals surface area contributed by atoms with Gasteiger partial charge in [0.1, 0.15) is 0 Å². The lowest BCUT2D eigenvalue weighted by molar-refractivity contribution is 1.64. The summed E-state index contributed by atoms with van der Waals surface area (Å²) in [6.07, 6.45) is 0. The van der Waals surface area contributed by atoms with Crippen LogP contribution in [0.25, 0.3) is 107 Å². The van der Waals surface area contributed by atoms with Crippen molar-refractivity contribution in [2.24, 2.45) is 0 Å². The fraction of sp³-hybridized carbons (Fsp3) is 0. The summed E-state index contributed by atoms with van der Waals surface area (Å²) in [5.41, 5.74) is 7.58. The molecular weight excluding hydrogens is 633 g/mol. The van der Waals surface area contributed by atoms with Crippen LogP contribution in [0.1, 0.15) is 0 Å².